The van der Waals surface area contributed by atoms with Crippen molar-refractivity contribution < 1.29 is 8.42 Å². The maximum Gasteiger partial charge on any atom is 0.236 e. The maximum absolute atomic E-state index is 11.2. The average Bonchev–Trinajstić information content (AvgIpc) is 2.70. The fourth-order valence-electron chi connectivity index (χ4n) is 2.73. The Hall–Kier alpha value is -1.52. The highest BCUT2D eigenvalue weighted by atomic mass is 35.7. The average molecular weight is 308 g/mol. The number of aryl methyl sites for hydroxylation is 1. The van der Waals surface area contributed by atoms with Crippen LogP contribution in [-0.2, 0) is 21.3 Å². The van der Waals surface area contributed by atoms with E-state index in [9.17, 15) is 8.42 Å². The number of rotatable bonds is 3. The van der Waals surface area contributed by atoms with Crippen molar-refractivity contribution in [1.82, 2.24) is 4.57 Å². The zero-order valence-electron chi connectivity index (χ0n) is 11.0. The third-order valence-corrected chi connectivity index (χ3v) is 4.50. The van der Waals surface area contributed by atoms with Gasteiger partial charge in [0.1, 0.15) is 0 Å². The van der Waals surface area contributed by atoms with Gasteiger partial charge in [-0.25, -0.2) is 8.42 Å². The van der Waals surface area contributed by atoms with Crippen LogP contribution in [0.4, 0.5) is 0 Å². The molecule has 0 aliphatic heterocycles. The fraction of sp³-hybridized carbons (Fsp3) is 0.200. The van der Waals surface area contributed by atoms with Gasteiger partial charge in [-0.05, 0) is 30.7 Å². The standard InChI is InChI=1S/C15H14ClNO2S/c1-2-17-14-6-4-3-5-12(14)13-9-11(7-8-15(13)17)10-20(16,18)19/h3-9H,2,10H2,1H3. The Morgan fingerprint density at radius 2 is 1.75 bits per heavy atom. The Bertz CT molecular complexity index is 897. The fourth-order valence-corrected chi connectivity index (χ4v) is 3.69. The minimum atomic E-state index is -3.53. The first-order valence-corrected chi connectivity index (χ1v) is 8.89. The van der Waals surface area contributed by atoms with Gasteiger partial charge in [0, 0.05) is 39.0 Å². The quantitative estimate of drug-likeness (QED) is 0.689. The van der Waals surface area contributed by atoms with E-state index in [0.717, 1.165) is 28.4 Å². The molecule has 0 amide bonds. The first-order chi connectivity index (χ1) is 9.49. The summed E-state index contributed by atoms with van der Waals surface area (Å²) in [5, 5.41) is 2.21. The summed E-state index contributed by atoms with van der Waals surface area (Å²) in [6.07, 6.45) is 0. The van der Waals surface area contributed by atoms with Crippen LogP contribution in [0.3, 0.4) is 0 Å². The molecule has 0 atom stereocenters. The zero-order chi connectivity index (χ0) is 14.3. The lowest BCUT2D eigenvalue weighted by atomic mass is 10.1. The Kier molecular flexibility index (Phi) is 3.22. The Labute approximate surface area is 122 Å². The lowest BCUT2D eigenvalue weighted by Gasteiger charge is -2.03. The number of halogens is 1. The van der Waals surface area contributed by atoms with E-state index in [1.54, 1.807) is 0 Å². The van der Waals surface area contributed by atoms with E-state index in [1.165, 1.54) is 0 Å². The van der Waals surface area contributed by atoms with E-state index >= 15 is 0 Å². The molecule has 0 spiro atoms. The van der Waals surface area contributed by atoms with Crippen LogP contribution in [0.5, 0.6) is 0 Å². The van der Waals surface area contributed by atoms with Crippen LogP contribution >= 0.6 is 10.7 Å². The predicted octanol–water partition coefficient (Wildman–Crippen LogP) is 3.88. The van der Waals surface area contributed by atoms with Crippen LogP contribution in [0.1, 0.15) is 12.5 Å². The van der Waals surface area contributed by atoms with Crippen LogP contribution in [0.15, 0.2) is 42.5 Å². The molecule has 104 valence electrons. The summed E-state index contributed by atoms with van der Waals surface area (Å²) in [6, 6.07) is 13.9. The second-order valence-corrected chi connectivity index (χ2v) is 7.57. The third kappa shape index (κ3) is 2.30. The van der Waals surface area contributed by atoms with Crippen LogP contribution in [0.2, 0.25) is 0 Å². The molecule has 0 radical (unpaired) electrons. The van der Waals surface area contributed by atoms with Gasteiger partial charge < -0.3 is 4.57 Å². The van der Waals surface area contributed by atoms with Crippen LogP contribution in [-0.4, -0.2) is 13.0 Å². The number of hydrogen-bond donors (Lipinski definition) is 0. The van der Waals surface area contributed by atoms with Crippen LogP contribution < -0.4 is 0 Å². The minimum absolute atomic E-state index is 0.143. The van der Waals surface area contributed by atoms with Gasteiger partial charge >= 0.3 is 0 Å². The summed E-state index contributed by atoms with van der Waals surface area (Å²) >= 11 is 0. The SMILES string of the molecule is CCn1c2ccccc2c2cc(CS(=O)(=O)Cl)ccc21. The third-order valence-electron chi connectivity index (χ3n) is 3.49. The Balaban J connectivity index is 2.31. The van der Waals surface area contributed by atoms with Crippen molar-refractivity contribution in [2.45, 2.75) is 19.2 Å². The van der Waals surface area contributed by atoms with E-state index in [-0.39, 0.29) is 5.75 Å². The Morgan fingerprint density at radius 1 is 1.05 bits per heavy atom. The van der Waals surface area contributed by atoms with Crippen LogP contribution in [0, 0.1) is 0 Å². The molecule has 0 aliphatic carbocycles. The molecule has 2 aromatic carbocycles. The maximum atomic E-state index is 11.2. The summed E-state index contributed by atoms with van der Waals surface area (Å²) in [4.78, 5) is 0. The van der Waals surface area contributed by atoms with E-state index < -0.39 is 9.05 Å². The van der Waals surface area contributed by atoms with Crippen molar-refractivity contribution in [3.05, 3.63) is 48.0 Å². The molecule has 0 bridgehead atoms. The van der Waals surface area contributed by atoms with E-state index in [2.05, 4.69) is 23.6 Å². The minimum Gasteiger partial charge on any atom is -0.341 e. The number of hydrogen-bond acceptors (Lipinski definition) is 2. The largest absolute Gasteiger partial charge is 0.341 e. The molecule has 3 nitrogen and oxygen atoms in total. The molecular formula is C15H14ClNO2S. The summed E-state index contributed by atoms with van der Waals surface area (Å²) < 4.78 is 24.7. The summed E-state index contributed by atoms with van der Waals surface area (Å²) in [7, 11) is 1.80. The molecule has 0 unspecified atom stereocenters. The van der Waals surface area contributed by atoms with Gasteiger partial charge in [-0.3, -0.25) is 0 Å². The highest BCUT2D eigenvalue weighted by molar-refractivity contribution is 8.13. The second-order valence-electron chi connectivity index (χ2n) is 4.80. The van der Waals surface area contributed by atoms with Gasteiger partial charge in [0.2, 0.25) is 9.05 Å². The summed E-state index contributed by atoms with van der Waals surface area (Å²) in [5.74, 6) is -0.143. The predicted molar refractivity (Wildman–Crippen MR) is 83.6 cm³/mol. The molecule has 0 fully saturated rings. The molecule has 1 aromatic heterocycles. The molecule has 3 rings (SSSR count). The van der Waals surface area contributed by atoms with Gasteiger partial charge in [0.15, 0.2) is 0 Å². The first kappa shape index (κ1) is 13.5. The van der Waals surface area contributed by atoms with Crippen molar-refractivity contribution in [2.24, 2.45) is 0 Å². The molecule has 1 heterocycles. The van der Waals surface area contributed by atoms with E-state index in [0.29, 0.717) is 5.56 Å². The molecule has 3 aromatic rings. The molecule has 20 heavy (non-hydrogen) atoms. The van der Waals surface area contributed by atoms with Gasteiger partial charge in [-0.2, -0.15) is 0 Å². The lowest BCUT2D eigenvalue weighted by molar-refractivity contribution is 0.609. The number of benzene rings is 2. The summed E-state index contributed by atoms with van der Waals surface area (Å²) in [6.45, 7) is 2.97. The van der Waals surface area contributed by atoms with Crippen molar-refractivity contribution in [2.75, 3.05) is 0 Å². The monoisotopic (exact) mass is 307 g/mol. The number of aromatic nitrogens is 1. The molecule has 5 heteroatoms. The molecule has 0 aliphatic rings. The van der Waals surface area contributed by atoms with Gasteiger partial charge in [0.25, 0.3) is 0 Å². The Morgan fingerprint density at radius 3 is 2.45 bits per heavy atom. The summed E-state index contributed by atoms with van der Waals surface area (Å²) in [5.41, 5.74) is 2.99. The highest BCUT2D eigenvalue weighted by Gasteiger charge is 2.12. The second kappa shape index (κ2) is 4.79. The number of para-hydroxylation sites is 1. The highest BCUT2D eigenvalue weighted by Crippen LogP contribution is 2.30. The zero-order valence-corrected chi connectivity index (χ0v) is 12.6. The van der Waals surface area contributed by atoms with Gasteiger partial charge in [0.05, 0.1) is 5.75 Å². The normalized spacial score (nSPS) is 12.3. The number of fused-ring (bicyclic) bond motifs is 3. The smallest absolute Gasteiger partial charge is 0.236 e. The van der Waals surface area contributed by atoms with Gasteiger partial charge in [-0.1, -0.05) is 24.3 Å². The van der Waals surface area contributed by atoms with Gasteiger partial charge in [-0.15, -0.1) is 0 Å². The number of nitrogens with zero attached hydrogens (tertiary/aromatic N) is 1. The molecule has 0 N–H and O–H groups in total. The molecular weight excluding hydrogens is 294 g/mol. The van der Waals surface area contributed by atoms with E-state index in [1.807, 2.05) is 30.3 Å². The van der Waals surface area contributed by atoms with Crippen molar-refractivity contribution in [1.29, 1.82) is 0 Å². The van der Waals surface area contributed by atoms with Crippen molar-refractivity contribution in [3.63, 3.8) is 0 Å². The van der Waals surface area contributed by atoms with Crippen LogP contribution in [0.25, 0.3) is 21.8 Å². The van der Waals surface area contributed by atoms with Crippen molar-refractivity contribution in [3.8, 4) is 0 Å². The molecule has 0 saturated carbocycles. The molecule has 0 saturated heterocycles. The van der Waals surface area contributed by atoms with E-state index in [4.69, 9.17) is 10.7 Å². The topological polar surface area (TPSA) is 39.1 Å². The lowest BCUT2D eigenvalue weighted by Crippen LogP contribution is -1.96. The van der Waals surface area contributed by atoms with Crippen molar-refractivity contribution >= 4 is 41.5 Å². The first-order valence-electron chi connectivity index (χ1n) is 6.42.